The van der Waals surface area contributed by atoms with Gasteiger partial charge in [0.05, 0.1) is 28.8 Å². The Kier molecular flexibility index (Phi) is 3.95. The molecule has 0 unspecified atom stereocenters. The van der Waals surface area contributed by atoms with Gasteiger partial charge in [-0.1, -0.05) is 0 Å². The second-order valence-electron chi connectivity index (χ2n) is 5.51. The van der Waals surface area contributed by atoms with Gasteiger partial charge in [0.15, 0.2) is 0 Å². The molecule has 1 aromatic carbocycles. The summed E-state index contributed by atoms with van der Waals surface area (Å²) in [5.41, 5.74) is 0.285. The molecule has 0 saturated carbocycles. The van der Waals surface area contributed by atoms with Gasteiger partial charge in [-0.05, 0) is 24.6 Å². The van der Waals surface area contributed by atoms with E-state index in [0.29, 0.717) is 0 Å². The number of ketones is 1. The topological polar surface area (TPSA) is 92.8 Å². The monoisotopic (exact) mass is 342 g/mol. The Balaban J connectivity index is 1.98. The number of carbonyl (C=O) groups is 2. The molecule has 0 aliphatic carbocycles. The van der Waals surface area contributed by atoms with Crippen LogP contribution in [0.25, 0.3) is 0 Å². The zero-order valence-corrected chi connectivity index (χ0v) is 13.1. The fourth-order valence-electron chi connectivity index (χ4n) is 2.89. The molecule has 124 valence electrons. The van der Waals surface area contributed by atoms with E-state index in [1.54, 1.807) is 0 Å². The summed E-state index contributed by atoms with van der Waals surface area (Å²) in [5, 5.41) is 2.35. The maximum absolute atomic E-state index is 13.7. The van der Waals surface area contributed by atoms with Gasteiger partial charge in [0.25, 0.3) is 11.7 Å². The Morgan fingerprint density at radius 3 is 2.83 bits per heavy atom. The number of fused-ring (bicyclic) bond motifs is 1. The minimum absolute atomic E-state index is 0.00959. The van der Waals surface area contributed by atoms with Crippen molar-refractivity contribution in [3.8, 4) is 0 Å². The van der Waals surface area contributed by atoms with Crippen molar-refractivity contribution in [2.45, 2.75) is 23.5 Å². The lowest BCUT2D eigenvalue weighted by Gasteiger charge is -2.23. The number of nitrogens with one attached hydrogen (secondary N) is 1. The Morgan fingerprint density at radius 1 is 1.39 bits per heavy atom. The highest BCUT2D eigenvalue weighted by Crippen LogP contribution is 2.31. The smallest absolute Gasteiger partial charge is 0.296 e. The van der Waals surface area contributed by atoms with Crippen LogP contribution in [0.3, 0.4) is 0 Å². The number of rotatable bonds is 4. The number of hydrogen-bond donors (Lipinski definition) is 1. The van der Waals surface area contributed by atoms with Crippen LogP contribution in [0, 0.1) is 0 Å². The summed E-state index contributed by atoms with van der Waals surface area (Å²) in [6.45, 7) is -0.165. The summed E-state index contributed by atoms with van der Waals surface area (Å²) in [5.74, 6) is -1.58. The molecule has 1 N–H and O–H groups in total. The van der Waals surface area contributed by atoms with Gasteiger partial charge in [0, 0.05) is 13.7 Å². The van der Waals surface area contributed by atoms with E-state index in [0.717, 1.165) is 10.4 Å². The van der Waals surface area contributed by atoms with Gasteiger partial charge in [-0.15, -0.1) is 0 Å². The molecule has 1 aromatic rings. The lowest BCUT2D eigenvalue weighted by molar-refractivity contribution is -0.112. The van der Waals surface area contributed by atoms with Crippen LogP contribution in [0.2, 0.25) is 0 Å². The van der Waals surface area contributed by atoms with E-state index in [2.05, 4.69) is 5.32 Å². The van der Waals surface area contributed by atoms with E-state index in [4.69, 9.17) is 4.74 Å². The van der Waals surface area contributed by atoms with Crippen molar-refractivity contribution < 1.29 is 27.1 Å². The summed E-state index contributed by atoms with van der Waals surface area (Å²) >= 11 is 0. The first kappa shape index (κ1) is 16.0. The molecule has 7 nitrogen and oxygen atoms in total. The van der Waals surface area contributed by atoms with Crippen molar-refractivity contribution in [2.24, 2.45) is 0 Å². The maximum Gasteiger partial charge on any atom is 0.296 e. The van der Waals surface area contributed by atoms with Crippen LogP contribution in [0.15, 0.2) is 23.1 Å². The van der Waals surface area contributed by atoms with Crippen molar-refractivity contribution >= 4 is 27.4 Å². The van der Waals surface area contributed by atoms with E-state index in [1.165, 1.54) is 19.2 Å². The average molecular weight is 342 g/mol. The highest BCUT2D eigenvalue weighted by molar-refractivity contribution is 7.89. The van der Waals surface area contributed by atoms with Gasteiger partial charge in [-0.25, -0.2) is 12.8 Å². The van der Waals surface area contributed by atoms with E-state index < -0.39 is 33.9 Å². The summed E-state index contributed by atoms with van der Waals surface area (Å²) in [4.78, 5) is 22.9. The number of anilines is 1. The predicted molar refractivity (Wildman–Crippen MR) is 78.5 cm³/mol. The summed E-state index contributed by atoms with van der Waals surface area (Å²) < 4.78 is 45.1. The predicted octanol–water partition coefficient (Wildman–Crippen LogP) is 0.569. The van der Waals surface area contributed by atoms with Crippen molar-refractivity contribution in [3.63, 3.8) is 0 Å². The van der Waals surface area contributed by atoms with Gasteiger partial charge >= 0.3 is 0 Å². The van der Waals surface area contributed by atoms with Crippen LogP contribution in [0.1, 0.15) is 16.8 Å². The number of hydrogen-bond acceptors (Lipinski definition) is 5. The molecular formula is C14H15FN2O5S. The summed E-state index contributed by atoms with van der Waals surface area (Å²) in [6, 6.07) is 3.21. The number of nitrogens with zero attached hydrogens (tertiary/aromatic N) is 1. The van der Waals surface area contributed by atoms with Crippen molar-refractivity contribution in [3.05, 3.63) is 23.8 Å². The SMILES string of the molecule is COC[C@@H]1C[C@@H](F)CN1S(=O)(=O)c1ccc2c(c1)C(=O)C(=O)N2. The minimum atomic E-state index is -3.98. The maximum atomic E-state index is 13.7. The molecule has 1 fully saturated rings. The van der Waals surface area contributed by atoms with Crippen molar-refractivity contribution in [2.75, 3.05) is 25.6 Å². The lowest BCUT2D eigenvalue weighted by atomic mass is 10.1. The van der Waals surface area contributed by atoms with Crippen LogP contribution in [0.5, 0.6) is 0 Å². The lowest BCUT2D eigenvalue weighted by Crippen LogP contribution is -2.38. The van der Waals surface area contributed by atoms with Gasteiger partial charge in [0.1, 0.15) is 6.17 Å². The third kappa shape index (κ3) is 2.64. The molecule has 2 aliphatic rings. The molecule has 0 aromatic heterocycles. The molecule has 0 spiro atoms. The zero-order chi connectivity index (χ0) is 16.8. The number of Topliss-reactive ketones (excluding diaryl/α,β-unsaturated/α-hetero) is 1. The number of halogens is 1. The number of benzene rings is 1. The van der Waals surface area contributed by atoms with E-state index in [-0.39, 0.29) is 35.7 Å². The standard InChI is InChI=1S/C14H15FN2O5S/c1-22-7-9-4-8(15)6-17(9)23(20,21)10-2-3-12-11(5-10)13(18)14(19)16-12/h2-3,5,8-9H,4,6-7H2,1H3,(H,16,18,19)/t8-,9+/m1/s1. The Labute approximate surface area is 132 Å². The van der Waals surface area contributed by atoms with Gasteiger partial charge in [-0.3, -0.25) is 9.59 Å². The number of amides is 1. The quantitative estimate of drug-likeness (QED) is 0.808. The van der Waals surface area contributed by atoms with Crippen LogP contribution in [0.4, 0.5) is 10.1 Å². The zero-order valence-electron chi connectivity index (χ0n) is 12.3. The Hall–Kier alpha value is -1.84. The molecule has 1 amide bonds. The average Bonchev–Trinajstić information content (AvgIpc) is 3.01. The van der Waals surface area contributed by atoms with Crippen molar-refractivity contribution in [1.82, 2.24) is 4.31 Å². The number of carbonyl (C=O) groups excluding carboxylic acids is 2. The number of methoxy groups -OCH3 is 1. The molecule has 1 saturated heterocycles. The molecule has 0 radical (unpaired) electrons. The summed E-state index contributed by atoms with van der Waals surface area (Å²) in [7, 11) is -2.57. The molecule has 2 heterocycles. The molecule has 2 aliphatic heterocycles. The third-order valence-corrected chi connectivity index (χ3v) is 5.88. The molecule has 3 rings (SSSR count). The fourth-order valence-corrected chi connectivity index (χ4v) is 4.56. The van der Waals surface area contributed by atoms with Crippen LogP contribution >= 0.6 is 0 Å². The van der Waals surface area contributed by atoms with Gasteiger partial charge in [-0.2, -0.15) is 4.31 Å². The molecule has 9 heteroatoms. The first-order valence-electron chi connectivity index (χ1n) is 6.99. The second-order valence-corrected chi connectivity index (χ2v) is 7.40. The van der Waals surface area contributed by atoms with Crippen LogP contribution in [-0.2, 0) is 19.6 Å². The van der Waals surface area contributed by atoms with E-state index >= 15 is 0 Å². The molecule has 0 bridgehead atoms. The third-order valence-electron chi connectivity index (χ3n) is 3.97. The Morgan fingerprint density at radius 2 is 2.13 bits per heavy atom. The Bertz CT molecular complexity index is 779. The molecule has 23 heavy (non-hydrogen) atoms. The van der Waals surface area contributed by atoms with E-state index in [1.807, 2.05) is 0 Å². The largest absolute Gasteiger partial charge is 0.383 e. The molecule has 2 atom stereocenters. The minimum Gasteiger partial charge on any atom is -0.383 e. The normalized spacial score (nSPS) is 24.8. The van der Waals surface area contributed by atoms with Crippen molar-refractivity contribution in [1.29, 1.82) is 0 Å². The highest BCUT2D eigenvalue weighted by atomic mass is 32.2. The van der Waals surface area contributed by atoms with Crippen LogP contribution < -0.4 is 5.32 Å². The number of ether oxygens (including phenoxy) is 1. The first-order valence-corrected chi connectivity index (χ1v) is 8.43. The second kappa shape index (κ2) is 5.66. The van der Waals surface area contributed by atoms with E-state index in [9.17, 15) is 22.4 Å². The highest BCUT2D eigenvalue weighted by Gasteiger charge is 2.41. The molecular weight excluding hydrogens is 327 g/mol. The first-order chi connectivity index (χ1) is 10.8. The number of alkyl halides is 1. The fraction of sp³-hybridized carbons (Fsp3) is 0.429. The van der Waals surface area contributed by atoms with Gasteiger partial charge < -0.3 is 10.1 Å². The van der Waals surface area contributed by atoms with Crippen LogP contribution in [-0.4, -0.2) is 56.9 Å². The van der Waals surface area contributed by atoms with Gasteiger partial charge in [0.2, 0.25) is 10.0 Å². The number of sulfonamides is 1. The summed E-state index contributed by atoms with van der Waals surface area (Å²) in [6.07, 6.45) is -1.19.